The van der Waals surface area contributed by atoms with Gasteiger partial charge < -0.3 is 10.3 Å². The summed E-state index contributed by atoms with van der Waals surface area (Å²) in [4.78, 5) is 3.63. The van der Waals surface area contributed by atoms with Gasteiger partial charge in [0.15, 0.2) is 0 Å². The van der Waals surface area contributed by atoms with Gasteiger partial charge in [0, 0.05) is 46.9 Å². The normalized spacial score (nSPS) is 17.8. The largest absolute Gasteiger partial charge is 0.357 e. The van der Waals surface area contributed by atoms with Crippen LogP contribution in [0.5, 0.6) is 0 Å². The van der Waals surface area contributed by atoms with E-state index in [4.69, 9.17) is 0 Å². The molecule has 4 nitrogen and oxygen atoms in total. The van der Waals surface area contributed by atoms with Crippen molar-refractivity contribution in [1.82, 2.24) is 20.1 Å². The Bertz CT molecular complexity index is 817. The van der Waals surface area contributed by atoms with Crippen LogP contribution < -0.4 is 5.32 Å². The van der Waals surface area contributed by atoms with Gasteiger partial charge in [-0.15, -0.1) is 0 Å². The molecule has 0 radical (unpaired) electrons. The smallest absolute Gasteiger partial charge is 0.0518 e. The van der Waals surface area contributed by atoms with Crippen molar-refractivity contribution in [2.75, 3.05) is 0 Å². The van der Waals surface area contributed by atoms with Crippen molar-refractivity contribution in [1.29, 1.82) is 0 Å². The standard InChI is InChI=1S/C17H19BrN4/c1-22-12(7-8-20-22)10-19-16-4-2-3-13-14-9-11(18)5-6-15(14)21-17(13)16/h5-9,16,19,21H,2-4,10H2,1H3. The zero-order valence-corrected chi connectivity index (χ0v) is 14.2. The molecule has 5 heteroatoms. The molecule has 0 amide bonds. The van der Waals surface area contributed by atoms with Crippen LogP contribution in [0.15, 0.2) is 34.9 Å². The summed E-state index contributed by atoms with van der Waals surface area (Å²) in [5.41, 5.74) is 5.29. The summed E-state index contributed by atoms with van der Waals surface area (Å²) in [6, 6.07) is 8.95. The van der Waals surface area contributed by atoms with Gasteiger partial charge >= 0.3 is 0 Å². The number of hydrogen-bond donors (Lipinski definition) is 2. The minimum absolute atomic E-state index is 0.393. The third kappa shape index (κ3) is 2.38. The first-order valence-electron chi connectivity index (χ1n) is 7.72. The number of nitrogens with one attached hydrogen (secondary N) is 2. The molecular formula is C17H19BrN4. The van der Waals surface area contributed by atoms with Crippen molar-refractivity contribution in [2.24, 2.45) is 7.05 Å². The van der Waals surface area contributed by atoms with Crippen LogP contribution in [0.2, 0.25) is 0 Å². The second kappa shape index (κ2) is 5.56. The highest BCUT2D eigenvalue weighted by atomic mass is 79.9. The Labute approximate surface area is 138 Å². The van der Waals surface area contributed by atoms with Crippen LogP contribution in [0.3, 0.4) is 0 Å². The number of aromatic nitrogens is 3. The van der Waals surface area contributed by atoms with Crippen LogP contribution in [0.25, 0.3) is 10.9 Å². The third-order valence-electron chi connectivity index (χ3n) is 4.62. The average molecular weight is 359 g/mol. The Kier molecular flexibility index (Phi) is 3.54. The number of fused-ring (bicyclic) bond motifs is 3. The van der Waals surface area contributed by atoms with Gasteiger partial charge in [0.05, 0.1) is 5.69 Å². The van der Waals surface area contributed by atoms with Crippen molar-refractivity contribution in [2.45, 2.75) is 31.8 Å². The molecule has 114 valence electrons. The first-order valence-corrected chi connectivity index (χ1v) is 8.52. The quantitative estimate of drug-likeness (QED) is 0.747. The van der Waals surface area contributed by atoms with E-state index in [1.165, 1.54) is 40.7 Å². The molecule has 0 saturated heterocycles. The van der Waals surface area contributed by atoms with Crippen molar-refractivity contribution < 1.29 is 0 Å². The van der Waals surface area contributed by atoms with Crippen molar-refractivity contribution in [3.05, 3.63) is 51.9 Å². The molecule has 0 saturated carbocycles. The van der Waals surface area contributed by atoms with Gasteiger partial charge in [0.25, 0.3) is 0 Å². The molecule has 1 aliphatic rings. The Morgan fingerprint density at radius 3 is 3.14 bits per heavy atom. The topological polar surface area (TPSA) is 45.6 Å². The monoisotopic (exact) mass is 358 g/mol. The van der Waals surface area contributed by atoms with E-state index < -0.39 is 0 Å². The summed E-state index contributed by atoms with van der Waals surface area (Å²) in [6.45, 7) is 0.847. The van der Waals surface area contributed by atoms with E-state index in [0.717, 1.165) is 17.4 Å². The van der Waals surface area contributed by atoms with Crippen LogP contribution in [0, 0.1) is 0 Å². The van der Waals surface area contributed by atoms with E-state index >= 15 is 0 Å². The highest BCUT2D eigenvalue weighted by molar-refractivity contribution is 9.10. The number of aromatic amines is 1. The van der Waals surface area contributed by atoms with E-state index in [1.54, 1.807) is 0 Å². The summed E-state index contributed by atoms with van der Waals surface area (Å²) in [6.07, 6.45) is 5.42. The molecule has 2 N–H and O–H groups in total. The molecule has 0 aliphatic heterocycles. The molecule has 2 aromatic heterocycles. The molecule has 1 aliphatic carbocycles. The maximum Gasteiger partial charge on any atom is 0.0518 e. The van der Waals surface area contributed by atoms with Gasteiger partial charge in [-0.25, -0.2) is 0 Å². The highest BCUT2D eigenvalue weighted by Crippen LogP contribution is 2.35. The third-order valence-corrected chi connectivity index (χ3v) is 5.11. The molecule has 1 aromatic carbocycles. The number of benzene rings is 1. The fourth-order valence-corrected chi connectivity index (χ4v) is 3.80. The van der Waals surface area contributed by atoms with Crippen molar-refractivity contribution >= 4 is 26.8 Å². The maximum atomic E-state index is 4.23. The molecule has 1 unspecified atom stereocenters. The Hall–Kier alpha value is -1.59. The first kappa shape index (κ1) is 14.0. The van der Waals surface area contributed by atoms with Crippen LogP contribution >= 0.6 is 15.9 Å². The van der Waals surface area contributed by atoms with Gasteiger partial charge in [-0.1, -0.05) is 15.9 Å². The molecule has 0 spiro atoms. The fraction of sp³-hybridized carbons (Fsp3) is 0.353. The Morgan fingerprint density at radius 2 is 2.32 bits per heavy atom. The molecule has 1 atom stereocenters. The van der Waals surface area contributed by atoms with Crippen LogP contribution in [-0.2, 0) is 20.0 Å². The Balaban J connectivity index is 1.64. The predicted octanol–water partition coefficient (Wildman–Crippen LogP) is 3.83. The molecule has 0 bridgehead atoms. The zero-order valence-electron chi connectivity index (χ0n) is 12.6. The summed E-state index contributed by atoms with van der Waals surface area (Å²) in [5.74, 6) is 0. The van der Waals surface area contributed by atoms with E-state index in [1.807, 2.05) is 17.9 Å². The molecule has 3 aromatic rings. The molecule has 22 heavy (non-hydrogen) atoms. The van der Waals surface area contributed by atoms with Gasteiger partial charge in [0.1, 0.15) is 0 Å². The lowest BCUT2D eigenvalue weighted by Gasteiger charge is -2.24. The number of nitrogens with zero attached hydrogens (tertiary/aromatic N) is 2. The molecule has 0 fully saturated rings. The van der Waals surface area contributed by atoms with Crippen LogP contribution in [0.4, 0.5) is 0 Å². The van der Waals surface area contributed by atoms with Crippen molar-refractivity contribution in [3.63, 3.8) is 0 Å². The highest BCUT2D eigenvalue weighted by Gasteiger charge is 2.24. The number of H-pyrrole nitrogens is 1. The lowest BCUT2D eigenvalue weighted by atomic mass is 9.91. The van der Waals surface area contributed by atoms with Crippen LogP contribution in [-0.4, -0.2) is 14.8 Å². The van der Waals surface area contributed by atoms with Gasteiger partial charge in [-0.2, -0.15) is 5.10 Å². The van der Waals surface area contributed by atoms with E-state index in [0.29, 0.717) is 6.04 Å². The molecular weight excluding hydrogens is 340 g/mol. The molecule has 2 heterocycles. The minimum atomic E-state index is 0.393. The van der Waals surface area contributed by atoms with Gasteiger partial charge in [-0.05, 0) is 49.1 Å². The second-order valence-corrected chi connectivity index (χ2v) is 6.89. The zero-order chi connectivity index (χ0) is 15.1. The number of halogens is 1. The lowest BCUT2D eigenvalue weighted by Crippen LogP contribution is -2.25. The second-order valence-electron chi connectivity index (χ2n) is 5.98. The molecule has 4 rings (SSSR count). The van der Waals surface area contributed by atoms with E-state index in [2.05, 4.69) is 55.6 Å². The average Bonchev–Trinajstić information content (AvgIpc) is 3.09. The summed E-state index contributed by atoms with van der Waals surface area (Å²) in [7, 11) is 1.99. The summed E-state index contributed by atoms with van der Waals surface area (Å²) in [5, 5.41) is 9.28. The minimum Gasteiger partial charge on any atom is -0.357 e. The van der Waals surface area contributed by atoms with Gasteiger partial charge in [0.2, 0.25) is 0 Å². The summed E-state index contributed by atoms with van der Waals surface area (Å²) >= 11 is 3.59. The first-order chi connectivity index (χ1) is 10.7. The summed E-state index contributed by atoms with van der Waals surface area (Å²) < 4.78 is 3.07. The maximum absolute atomic E-state index is 4.23. The SMILES string of the molecule is Cn1nccc1CNC1CCCc2c1[nH]c1ccc(Br)cc21. The number of hydrogen-bond acceptors (Lipinski definition) is 2. The fourth-order valence-electron chi connectivity index (χ4n) is 3.44. The van der Waals surface area contributed by atoms with Crippen LogP contribution in [0.1, 0.15) is 35.8 Å². The van der Waals surface area contributed by atoms with Gasteiger partial charge in [-0.3, -0.25) is 4.68 Å². The number of aryl methyl sites for hydroxylation is 2. The lowest BCUT2D eigenvalue weighted by molar-refractivity contribution is 0.444. The van der Waals surface area contributed by atoms with Crippen molar-refractivity contribution in [3.8, 4) is 0 Å². The van der Waals surface area contributed by atoms with E-state index in [-0.39, 0.29) is 0 Å². The Morgan fingerprint density at radius 1 is 1.41 bits per heavy atom. The predicted molar refractivity (Wildman–Crippen MR) is 91.7 cm³/mol. The number of rotatable bonds is 3. The van der Waals surface area contributed by atoms with E-state index in [9.17, 15) is 0 Å².